The van der Waals surface area contributed by atoms with Gasteiger partial charge in [0.05, 0.1) is 0 Å². The van der Waals surface area contributed by atoms with Gasteiger partial charge in [0.25, 0.3) is 0 Å². The number of aliphatic hydroxyl groups is 3. The highest BCUT2D eigenvalue weighted by Crippen LogP contribution is 1.85. The van der Waals surface area contributed by atoms with Crippen LogP contribution in [-0.2, 0) is 0 Å². The van der Waals surface area contributed by atoms with Crippen molar-refractivity contribution in [1.82, 2.24) is 0 Å². The maximum Gasteiger partial charge on any atom is 1.00 e. The van der Waals surface area contributed by atoms with Gasteiger partial charge in [-0.25, -0.2) is 0 Å². The third-order valence-corrected chi connectivity index (χ3v) is 0. The topological polar surface area (TPSA) is 92.2 Å². The van der Waals surface area contributed by atoms with Crippen LogP contribution in [0.5, 0.6) is 0 Å². The summed E-state index contributed by atoms with van der Waals surface area (Å²) in [5.74, 6) is 0. The monoisotopic (exact) mass is 645 g/mol. The summed E-state index contributed by atoms with van der Waals surface area (Å²) in [5.41, 5.74) is 0. The average Bonchev–Trinajstić information content (AvgIpc) is 2.46. The fourth-order valence-corrected chi connectivity index (χ4v) is 0. The molecule has 0 bridgehead atoms. The summed E-state index contributed by atoms with van der Waals surface area (Å²) in [6.45, 7) is 14.2. The molecule has 9 heteroatoms. The molecule has 0 fully saturated rings. The zero-order valence-corrected chi connectivity index (χ0v) is 22.3. The predicted octanol–water partition coefficient (Wildman–Crippen LogP) is 5.63. The third-order valence-electron chi connectivity index (χ3n) is 0. The lowest BCUT2D eigenvalue weighted by molar-refractivity contribution is 0.318. The number of aliphatic hydroxyl groups excluding tert-OH is 3. The van der Waals surface area contributed by atoms with Gasteiger partial charge < -0.3 is 20.8 Å². The molecule has 4 nitrogen and oxygen atoms in total. The standard InChI is InChI=1S/2C2H5Br.3C2H6O.C2H6.Br2.BrH.H2O.H2/c5*1-2-3;2*1-2;;;/h2*2H2,1H3;3*3H,2H2,1H3;1-2H3;;1H;1H2;1H/p+1/i;;3D;;;;;;;1+1. The number of alkyl halides is 2. The maximum atomic E-state index is 7.57. The minimum absolute atomic E-state index is 0. The Morgan fingerprint density at radius 1 is 0.857 bits per heavy atom. The molecular weight excluding hydrogens is 608 g/mol. The van der Waals surface area contributed by atoms with Crippen molar-refractivity contribution in [2.24, 2.45) is 0 Å². The molecule has 0 aromatic carbocycles. The molecule has 0 saturated carbocycles. The SMILES string of the molecule is Br.BrBr.CC.CCBr.CCBr.CCO.CCO.O.[2HH].[2H]OCC.[H+]. The van der Waals surface area contributed by atoms with Gasteiger partial charge in [-0.15, -0.1) is 17.0 Å². The summed E-state index contributed by atoms with van der Waals surface area (Å²) in [4.78, 5) is 0. The molecule has 0 unspecified atom stereocenters. The van der Waals surface area contributed by atoms with Crippen molar-refractivity contribution < 1.29 is 23.7 Å². The number of rotatable bonds is 1. The van der Waals surface area contributed by atoms with Crippen LogP contribution in [0.4, 0.5) is 0 Å². The van der Waals surface area contributed by atoms with Gasteiger partial charge in [0.15, 0.2) is 0 Å². The Kier molecular flexibility index (Phi) is 451. The van der Waals surface area contributed by atoms with E-state index in [1.165, 1.54) is 0 Å². The molecule has 0 heterocycles. The fourth-order valence-electron chi connectivity index (χ4n) is 0. The molecule has 0 radical (unpaired) electrons. The van der Waals surface area contributed by atoms with E-state index in [1.807, 2.05) is 27.7 Å². The Morgan fingerprint density at radius 3 is 0.905 bits per heavy atom. The van der Waals surface area contributed by atoms with Crippen LogP contribution in [0, 0.1) is 0 Å². The molecule has 0 aromatic rings. The Hall–Kier alpha value is 2.24. The molecule has 0 spiro atoms. The largest absolute Gasteiger partial charge is 1.00 e. The van der Waals surface area contributed by atoms with E-state index in [1.54, 1.807) is 20.8 Å². The van der Waals surface area contributed by atoms with Gasteiger partial charge in [0, 0.05) is 60.2 Å². The van der Waals surface area contributed by atoms with Gasteiger partial charge in [-0.3, -0.25) is 0 Å². The molecule has 146 valence electrons. The lowest BCUT2D eigenvalue weighted by atomic mass is 10.9. The van der Waals surface area contributed by atoms with Crippen LogP contribution < -0.4 is 0 Å². The van der Waals surface area contributed by atoms with E-state index in [9.17, 15) is 0 Å². The number of hydrogen-bond donors (Lipinski definition) is 3. The van der Waals surface area contributed by atoms with E-state index < -0.39 is 0 Å². The quantitative estimate of drug-likeness (QED) is 0.322. The van der Waals surface area contributed by atoms with E-state index in [0.717, 1.165) is 10.7 Å². The van der Waals surface area contributed by atoms with Crippen molar-refractivity contribution in [3.05, 3.63) is 0 Å². The minimum atomic E-state index is 0. The zero-order chi connectivity index (χ0) is 18.2. The summed E-state index contributed by atoms with van der Waals surface area (Å²) in [6, 6.07) is 0. The minimum Gasteiger partial charge on any atom is -0.412 e. The molecule has 0 aliphatic rings. The summed E-state index contributed by atoms with van der Waals surface area (Å²) >= 11 is 11.8. The summed E-state index contributed by atoms with van der Waals surface area (Å²) in [6.07, 6.45) is 0. The molecule has 0 aromatic heterocycles. The predicted molar refractivity (Wildman–Crippen MR) is 124 cm³/mol. The fraction of sp³-hybridized carbons (Fsp3) is 1.00. The van der Waals surface area contributed by atoms with E-state index in [4.69, 9.17) is 11.6 Å². The van der Waals surface area contributed by atoms with Crippen LogP contribution >= 0.6 is 77.1 Å². The maximum absolute atomic E-state index is 7.57. The van der Waals surface area contributed by atoms with E-state index in [2.05, 4.69) is 65.2 Å². The highest BCUT2D eigenvalue weighted by atomic mass is 80.9. The van der Waals surface area contributed by atoms with Gasteiger partial charge >= 0.3 is 1.43 Å². The van der Waals surface area contributed by atoms with Gasteiger partial charge in [-0.05, 0) is 20.8 Å². The number of hydrogen-bond acceptors (Lipinski definition) is 3. The smallest absolute Gasteiger partial charge is 0.412 e. The lowest BCUT2D eigenvalue weighted by Gasteiger charge is -1.52. The molecular formula is C12H40Br5O4+. The summed E-state index contributed by atoms with van der Waals surface area (Å²) in [7, 11) is 0. The Labute approximate surface area is 180 Å². The van der Waals surface area contributed by atoms with Crippen LogP contribution in [0.25, 0.3) is 0 Å². The van der Waals surface area contributed by atoms with Crippen LogP contribution in [-0.4, -0.2) is 52.7 Å². The van der Waals surface area contributed by atoms with Gasteiger partial charge in [0.2, 0.25) is 1.43 Å². The Morgan fingerprint density at radius 2 is 0.905 bits per heavy atom. The van der Waals surface area contributed by atoms with Crippen molar-refractivity contribution in [3.63, 3.8) is 0 Å². The highest BCUT2D eigenvalue weighted by molar-refractivity contribution is 9.93. The van der Waals surface area contributed by atoms with Crippen LogP contribution in [0.1, 0.15) is 51.3 Å². The van der Waals surface area contributed by atoms with Gasteiger partial charge in [-0.1, -0.05) is 59.6 Å². The van der Waals surface area contributed by atoms with Crippen molar-refractivity contribution >= 4 is 77.1 Å². The summed E-state index contributed by atoms with van der Waals surface area (Å²) in [5, 5.41) is 21.1. The Balaban J connectivity index is -0.00000000898. The molecule has 0 aliphatic heterocycles. The second-order valence-electron chi connectivity index (χ2n) is 1.46. The van der Waals surface area contributed by atoms with Crippen molar-refractivity contribution in [3.8, 4) is 0 Å². The highest BCUT2D eigenvalue weighted by Gasteiger charge is 1.38. The average molecular weight is 650 g/mol. The number of halogens is 5. The molecule has 0 amide bonds. The molecule has 0 atom stereocenters. The second kappa shape index (κ2) is 191. The Bertz CT molecular complexity index is 63.7. The molecule has 0 saturated heterocycles. The molecule has 5 N–H and O–H groups in total. The van der Waals surface area contributed by atoms with Crippen LogP contribution in [0.3, 0.4) is 0 Å². The van der Waals surface area contributed by atoms with Crippen molar-refractivity contribution in [1.29, 1.82) is 1.43 Å². The first-order valence-corrected chi connectivity index (χ1v) is 12.1. The van der Waals surface area contributed by atoms with Crippen LogP contribution in [0.2, 0.25) is 0 Å². The first-order valence-electron chi connectivity index (χ1n) is 6.54. The molecule has 0 aliphatic carbocycles. The zero-order valence-electron chi connectivity index (χ0n) is 16.3. The second-order valence-corrected chi connectivity index (χ2v) is 3.70. The first-order chi connectivity index (χ1) is 9.57. The third kappa shape index (κ3) is 1820. The first kappa shape index (κ1) is 49.5. The normalized spacial score (nSPS) is 5.48. The van der Waals surface area contributed by atoms with E-state index >= 15 is 0 Å². The molecule has 21 heavy (non-hydrogen) atoms. The lowest BCUT2D eigenvalue weighted by Crippen LogP contribution is -1.57. The van der Waals surface area contributed by atoms with Gasteiger partial charge in [0.1, 0.15) is 0 Å². The molecule has 0 rings (SSSR count). The van der Waals surface area contributed by atoms with Gasteiger partial charge in [-0.2, -0.15) is 0 Å². The summed E-state index contributed by atoms with van der Waals surface area (Å²) < 4.78 is 5.95. The van der Waals surface area contributed by atoms with Crippen molar-refractivity contribution in [2.45, 2.75) is 48.5 Å². The van der Waals surface area contributed by atoms with E-state index in [-0.39, 0.29) is 38.5 Å². The van der Waals surface area contributed by atoms with Crippen LogP contribution in [0.15, 0.2) is 0 Å². The van der Waals surface area contributed by atoms with Crippen molar-refractivity contribution in [2.75, 3.05) is 30.5 Å². The van der Waals surface area contributed by atoms with E-state index in [0.29, 0.717) is 6.61 Å².